The van der Waals surface area contributed by atoms with Gasteiger partial charge in [0.15, 0.2) is 5.79 Å². The van der Waals surface area contributed by atoms with Gasteiger partial charge in [0.2, 0.25) is 0 Å². The SMILES string of the molecule is CC1CC(=O)CCC2(C1)OCCO2. The van der Waals surface area contributed by atoms with Crippen LogP contribution in [0.25, 0.3) is 0 Å². The van der Waals surface area contributed by atoms with Crippen LogP contribution in [0.15, 0.2) is 0 Å². The fourth-order valence-corrected chi connectivity index (χ4v) is 2.28. The Morgan fingerprint density at radius 1 is 1.38 bits per heavy atom. The summed E-state index contributed by atoms with van der Waals surface area (Å²) >= 11 is 0. The average Bonchev–Trinajstić information content (AvgIpc) is 2.44. The Balaban J connectivity index is 2.07. The van der Waals surface area contributed by atoms with Gasteiger partial charge < -0.3 is 9.47 Å². The second-order valence-electron chi connectivity index (χ2n) is 4.16. The van der Waals surface area contributed by atoms with Crippen molar-refractivity contribution in [3.63, 3.8) is 0 Å². The van der Waals surface area contributed by atoms with E-state index >= 15 is 0 Å². The largest absolute Gasteiger partial charge is 0.348 e. The van der Waals surface area contributed by atoms with E-state index in [0.29, 0.717) is 37.8 Å². The van der Waals surface area contributed by atoms with Gasteiger partial charge in [-0.1, -0.05) is 6.92 Å². The minimum absolute atomic E-state index is 0.350. The van der Waals surface area contributed by atoms with E-state index in [1.807, 2.05) is 0 Å². The number of carbonyl (C=O) groups is 1. The molecule has 1 atom stereocenters. The molecule has 0 aromatic rings. The Morgan fingerprint density at radius 2 is 2.08 bits per heavy atom. The molecule has 1 unspecified atom stereocenters. The van der Waals surface area contributed by atoms with E-state index in [-0.39, 0.29) is 0 Å². The van der Waals surface area contributed by atoms with Crippen molar-refractivity contribution in [1.29, 1.82) is 0 Å². The van der Waals surface area contributed by atoms with Gasteiger partial charge in [0.1, 0.15) is 5.78 Å². The first kappa shape index (κ1) is 9.16. The molecule has 2 rings (SSSR count). The zero-order chi connectivity index (χ0) is 9.31. The molecular formula is C10H16O3. The summed E-state index contributed by atoms with van der Waals surface area (Å²) in [5, 5.41) is 0. The number of rotatable bonds is 0. The molecule has 13 heavy (non-hydrogen) atoms. The first-order valence-electron chi connectivity index (χ1n) is 5.00. The quantitative estimate of drug-likeness (QED) is 0.572. The van der Waals surface area contributed by atoms with Gasteiger partial charge in [-0.25, -0.2) is 0 Å². The van der Waals surface area contributed by atoms with Crippen molar-refractivity contribution >= 4 is 5.78 Å². The Morgan fingerprint density at radius 3 is 2.77 bits per heavy atom. The molecule has 2 aliphatic rings. The van der Waals surface area contributed by atoms with Crippen LogP contribution in [0.3, 0.4) is 0 Å². The molecule has 0 aromatic carbocycles. The van der Waals surface area contributed by atoms with E-state index in [4.69, 9.17) is 9.47 Å². The monoisotopic (exact) mass is 184 g/mol. The van der Waals surface area contributed by atoms with Gasteiger partial charge in [0.05, 0.1) is 13.2 Å². The summed E-state index contributed by atoms with van der Waals surface area (Å²) in [6, 6.07) is 0. The molecule has 0 aromatic heterocycles. The van der Waals surface area contributed by atoms with Crippen LogP contribution in [0.5, 0.6) is 0 Å². The Hall–Kier alpha value is -0.410. The van der Waals surface area contributed by atoms with Crippen LogP contribution in [0, 0.1) is 5.92 Å². The molecule has 0 bridgehead atoms. The summed E-state index contributed by atoms with van der Waals surface area (Å²) in [6.07, 6.45) is 2.92. The van der Waals surface area contributed by atoms with E-state index in [2.05, 4.69) is 6.92 Å². The first-order chi connectivity index (χ1) is 6.20. The van der Waals surface area contributed by atoms with E-state index in [1.165, 1.54) is 0 Å². The highest BCUT2D eigenvalue weighted by Gasteiger charge is 2.40. The molecule has 1 spiro atoms. The number of hydrogen-bond acceptors (Lipinski definition) is 3. The van der Waals surface area contributed by atoms with Crippen molar-refractivity contribution < 1.29 is 14.3 Å². The molecule has 1 heterocycles. The van der Waals surface area contributed by atoms with Gasteiger partial charge in [0.25, 0.3) is 0 Å². The Labute approximate surface area is 78.4 Å². The molecule has 3 nitrogen and oxygen atoms in total. The highest BCUT2D eigenvalue weighted by Crippen LogP contribution is 2.35. The summed E-state index contributed by atoms with van der Waals surface area (Å²) in [5.74, 6) is 0.336. The zero-order valence-electron chi connectivity index (χ0n) is 8.04. The van der Waals surface area contributed by atoms with Crippen molar-refractivity contribution in [2.24, 2.45) is 5.92 Å². The van der Waals surface area contributed by atoms with Crippen LogP contribution in [-0.2, 0) is 14.3 Å². The van der Waals surface area contributed by atoms with Crippen molar-refractivity contribution in [2.45, 2.75) is 38.4 Å². The zero-order valence-corrected chi connectivity index (χ0v) is 8.04. The molecular weight excluding hydrogens is 168 g/mol. The molecule has 0 amide bonds. The fourth-order valence-electron chi connectivity index (χ4n) is 2.28. The summed E-state index contributed by atoms with van der Waals surface area (Å²) in [6.45, 7) is 3.46. The molecule has 2 fully saturated rings. The maximum atomic E-state index is 11.3. The number of ether oxygens (including phenoxy) is 2. The van der Waals surface area contributed by atoms with Gasteiger partial charge in [-0.3, -0.25) is 4.79 Å². The Bertz CT molecular complexity index is 206. The van der Waals surface area contributed by atoms with Crippen LogP contribution >= 0.6 is 0 Å². The van der Waals surface area contributed by atoms with Crippen LogP contribution in [0.4, 0.5) is 0 Å². The van der Waals surface area contributed by atoms with E-state index < -0.39 is 5.79 Å². The summed E-state index contributed by atoms with van der Waals surface area (Å²) < 4.78 is 11.2. The third kappa shape index (κ3) is 1.92. The van der Waals surface area contributed by atoms with Gasteiger partial charge in [-0.15, -0.1) is 0 Å². The van der Waals surface area contributed by atoms with Gasteiger partial charge in [0, 0.05) is 25.7 Å². The molecule has 0 radical (unpaired) electrons. The minimum Gasteiger partial charge on any atom is -0.348 e. The van der Waals surface area contributed by atoms with Gasteiger partial charge >= 0.3 is 0 Å². The first-order valence-corrected chi connectivity index (χ1v) is 5.00. The fraction of sp³-hybridized carbons (Fsp3) is 0.900. The molecule has 1 saturated carbocycles. The van der Waals surface area contributed by atoms with E-state index in [1.54, 1.807) is 0 Å². The minimum atomic E-state index is -0.411. The number of Topliss-reactive ketones (excluding diaryl/α,β-unsaturated/α-hetero) is 1. The smallest absolute Gasteiger partial charge is 0.169 e. The molecule has 1 aliphatic carbocycles. The molecule has 0 N–H and O–H groups in total. The number of hydrogen-bond donors (Lipinski definition) is 0. The lowest BCUT2D eigenvalue weighted by Crippen LogP contribution is -2.30. The third-order valence-electron chi connectivity index (χ3n) is 2.83. The lowest BCUT2D eigenvalue weighted by molar-refractivity contribution is -0.170. The summed E-state index contributed by atoms with van der Waals surface area (Å²) in [7, 11) is 0. The molecule has 74 valence electrons. The lowest BCUT2D eigenvalue weighted by Gasteiger charge is -2.27. The molecule has 3 heteroatoms. The average molecular weight is 184 g/mol. The van der Waals surface area contributed by atoms with Crippen LogP contribution in [0.2, 0.25) is 0 Å². The maximum absolute atomic E-state index is 11.3. The van der Waals surface area contributed by atoms with Crippen molar-refractivity contribution in [3.05, 3.63) is 0 Å². The highest BCUT2D eigenvalue weighted by atomic mass is 16.7. The molecule has 1 saturated heterocycles. The second-order valence-corrected chi connectivity index (χ2v) is 4.16. The normalized spacial score (nSPS) is 33.6. The van der Waals surface area contributed by atoms with Gasteiger partial charge in [-0.2, -0.15) is 0 Å². The Kier molecular flexibility index (Phi) is 2.39. The number of carbonyl (C=O) groups excluding carboxylic acids is 1. The van der Waals surface area contributed by atoms with Crippen molar-refractivity contribution in [3.8, 4) is 0 Å². The van der Waals surface area contributed by atoms with Gasteiger partial charge in [-0.05, 0) is 5.92 Å². The predicted molar refractivity (Wildman–Crippen MR) is 47.3 cm³/mol. The van der Waals surface area contributed by atoms with E-state index in [0.717, 1.165) is 12.8 Å². The topological polar surface area (TPSA) is 35.5 Å². The summed E-state index contributed by atoms with van der Waals surface area (Å²) in [4.78, 5) is 11.3. The van der Waals surface area contributed by atoms with Crippen LogP contribution < -0.4 is 0 Å². The van der Waals surface area contributed by atoms with Crippen LogP contribution in [0.1, 0.15) is 32.6 Å². The van der Waals surface area contributed by atoms with Crippen LogP contribution in [-0.4, -0.2) is 24.8 Å². The molecule has 1 aliphatic heterocycles. The highest BCUT2D eigenvalue weighted by molar-refractivity contribution is 5.78. The van der Waals surface area contributed by atoms with Crippen molar-refractivity contribution in [2.75, 3.05) is 13.2 Å². The predicted octanol–water partition coefficient (Wildman–Crippen LogP) is 1.51. The third-order valence-corrected chi connectivity index (χ3v) is 2.83. The number of ketones is 1. The maximum Gasteiger partial charge on any atom is 0.169 e. The lowest BCUT2D eigenvalue weighted by atomic mass is 9.99. The second kappa shape index (κ2) is 3.39. The van der Waals surface area contributed by atoms with Crippen molar-refractivity contribution in [1.82, 2.24) is 0 Å². The standard InChI is InChI=1S/C10H16O3/c1-8-6-9(11)2-3-10(7-8)12-4-5-13-10/h8H,2-7H2,1H3. The van der Waals surface area contributed by atoms with E-state index in [9.17, 15) is 4.79 Å². The summed E-state index contributed by atoms with van der Waals surface area (Å²) in [5.41, 5.74) is 0.